The quantitative estimate of drug-likeness (QED) is 0.850. The lowest BCUT2D eigenvalue weighted by molar-refractivity contribution is -0.116. The van der Waals surface area contributed by atoms with Crippen molar-refractivity contribution in [1.82, 2.24) is 0 Å². The zero-order valence-electron chi connectivity index (χ0n) is 12.7. The molecule has 0 fully saturated rings. The summed E-state index contributed by atoms with van der Waals surface area (Å²) in [6.45, 7) is 0. The summed E-state index contributed by atoms with van der Waals surface area (Å²) >= 11 is 0. The van der Waals surface area contributed by atoms with Gasteiger partial charge in [-0.1, -0.05) is 18.2 Å². The third kappa shape index (κ3) is 4.13. The van der Waals surface area contributed by atoms with Gasteiger partial charge in [-0.2, -0.15) is 0 Å². The van der Waals surface area contributed by atoms with Gasteiger partial charge in [0, 0.05) is 12.5 Å². The largest absolute Gasteiger partial charge is 0.465 e. The summed E-state index contributed by atoms with van der Waals surface area (Å²) in [5.74, 6) is -4.15. The fourth-order valence-electron chi connectivity index (χ4n) is 2.07. The van der Waals surface area contributed by atoms with Crippen molar-refractivity contribution < 1.29 is 27.5 Å². The average Bonchev–Trinajstić information content (AvgIpc) is 2.56. The van der Waals surface area contributed by atoms with Gasteiger partial charge in [0.05, 0.1) is 18.4 Å². The number of nitrogens with one attached hydrogen (secondary N) is 1. The van der Waals surface area contributed by atoms with Crippen molar-refractivity contribution in [3.63, 3.8) is 0 Å². The predicted molar refractivity (Wildman–Crippen MR) is 81.0 cm³/mol. The maximum Gasteiger partial charge on any atom is 0.340 e. The normalized spacial score (nSPS) is 10.3. The molecule has 2 rings (SSSR count). The molecule has 7 heteroatoms. The van der Waals surface area contributed by atoms with Crippen molar-refractivity contribution in [3.05, 3.63) is 65.0 Å². The first-order chi connectivity index (χ1) is 11.4. The minimum atomic E-state index is -1.09. The highest BCUT2D eigenvalue weighted by atomic mass is 19.1. The lowest BCUT2D eigenvalue weighted by Crippen LogP contribution is -2.15. The van der Waals surface area contributed by atoms with E-state index in [1.165, 1.54) is 18.2 Å². The lowest BCUT2D eigenvalue weighted by atomic mass is 10.1. The molecular weight excluding hydrogens is 323 g/mol. The number of aryl methyl sites for hydroxylation is 1. The minimum absolute atomic E-state index is 0.106. The van der Waals surface area contributed by atoms with Crippen LogP contribution in [0.25, 0.3) is 0 Å². The Hall–Kier alpha value is -2.83. The Bertz CT molecular complexity index is 778. The molecule has 0 unspecified atom stereocenters. The summed E-state index contributed by atoms with van der Waals surface area (Å²) in [6.07, 6.45) is 0.0104. The van der Waals surface area contributed by atoms with Crippen molar-refractivity contribution in [2.75, 3.05) is 12.4 Å². The minimum Gasteiger partial charge on any atom is -0.465 e. The Labute approximate surface area is 136 Å². The van der Waals surface area contributed by atoms with Gasteiger partial charge in [-0.3, -0.25) is 4.79 Å². The summed E-state index contributed by atoms with van der Waals surface area (Å²) in [5.41, 5.74) is -0.499. The van der Waals surface area contributed by atoms with Crippen LogP contribution in [-0.2, 0) is 16.0 Å². The molecule has 0 aromatic heterocycles. The van der Waals surface area contributed by atoms with Crippen molar-refractivity contribution >= 4 is 17.6 Å². The van der Waals surface area contributed by atoms with Crippen LogP contribution in [0.1, 0.15) is 22.3 Å². The number of rotatable bonds is 5. The van der Waals surface area contributed by atoms with E-state index in [-0.39, 0.29) is 18.5 Å². The summed E-state index contributed by atoms with van der Waals surface area (Å²) in [5, 5.41) is 2.24. The van der Waals surface area contributed by atoms with E-state index in [1.54, 1.807) is 6.07 Å². The van der Waals surface area contributed by atoms with Crippen LogP contribution in [0.5, 0.6) is 0 Å². The second-order valence-corrected chi connectivity index (χ2v) is 4.94. The Balaban J connectivity index is 2.08. The molecule has 4 nitrogen and oxygen atoms in total. The zero-order valence-corrected chi connectivity index (χ0v) is 12.7. The van der Waals surface area contributed by atoms with E-state index < -0.39 is 34.9 Å². The number of ether oxygens (including phenoxy) is 1. The SMILES string of the molecule is COC(=O)c1cc(NC(=O)CCc2ccccc2F)c(F)cc1F. The number of methoxy groups -OCH3 is 1. The molecule has 2 aromatic rings. The molecule has 0 aliphatic rings. The second kappa shape index (κ2) is 7.63. The summed E-state index contributed by atoms with van der Waals surface area (Å²) in [7, 11) is 1.05. The van der Waals surface area contributed by atoms with Gasteiger partial charge >= 0.3 is 5.97 Å². The second-order valence-electron chi connectivity index (χ2n) is 4.94. The molecule has 0 saturated heterocycles. The number of anilines is 1. The number of halogens is 3. The van der Waals surface area contributed by atoms with Gasteiger partial charge in [0.1, 0.15) is 17.5 Å². The topological polar surface area (TPSA) is 55.4 Å². The summed E-state index contributed by atoms with van der Waals surface area (Å²) in [4.78, 5) is 23.3. The van der Waals surface area contributed by atoms with Gasteiger partial charge in [0.2, 0.25) is 5.91 Å². The van der Waals surface area contributed by atoms with Crippen LogP contribution in [0.15, 0.2) is 36.4 Å². The Morgan fingerprint density at radius 1 is 1.04 bits per heavy atom. The first-order valence-electron chi connectivity index (χ1n) is 7.03. The molecule has 0 aliphatic heterocycles. The Morgan fingerprint density at radius 2 is 1.75 bits per heavy atom. The summed E-state index contributed by atoms with van der Waals surface area (Å²) in [6, 6.07) is 7.32. The smallest absolute Gasteiger partial charge is 0.340 e. The van der Waals surface area contributed by atoms with Gasteiger partial charge in [0.25, 0.3) is 0 Å². The first kappa shape index (κ1) is 17.5. The third-order valence-corrected chi connectivity index (χ3v) is 3.32. The van der Waals surface area contributed by atoms with Gasteiger partial charge in [-0.15, -0.1) is 0 Å². The van der Waals surface area contributed by atoms with Crippen LogP contribution in [-0.4, -0.2) is 19.0 Å². The van der Waals surface area contributed by atoms with Gasteiger partial charge < -0.3 is 10.1 Å². The molecule has 0 radical (unpaired) electrons. The molecular formula is C17H14F3NO3. The predicted octanol–water partition coefficient (Wildman–Crippen LogP) is 3.46. The van der Waals surface area contributed by atoms with Crippen LogP contribution in [0, 0.1) is 17.5 Å². The van der Waals surface area contributed by atoms with E-state index >= 15 is 0 Å². The van der Waals surface area contributed by atoms with E-state index in [1.807, 2.05) is 0 Å². The van der Waals surface area contributed by atoms with Gasteiger partial charge in [-0.25, -0.2) is 18.0 Å². The molecule has 0 spiro atoms. The number of esters is 1. The third-order valence-electron chi connectivity index (χ3n) is 3.32. The van der Waals surface area contributed by atoms with Crippen molar-refractivity contribution in [1.29, 1.82) is 0 Å². The van der Waals surface area contributed by atoms with E-state index in [0.29, 0.717) is 11.6 Å². The van der Waals surface area contributed by atoms with Crippen LogP contribution in [0.4, 0.5) is 18.9 Å². The highest BCUT2D eigenvalue weighted by Gasteiger charge is 2.18. The number of carbonyl (C=O) groups is 2. The molecule has 126 valence electrons. The number of carbonyl (C=O) groups excluding carboxylic acids is 2. The van der Waals surface area contributed by atoms with Crippen molar-refractivity contribution in [3.8, 4) is 0 Å². The molecule has 0 heterocycles. The van der Waals surface area contributed by atoms with E-state index in [9.17, 15) is 22.8 Å². The van der Waals surface area contributed by atoms with E-state index in [4.69, 9.17) is 0 Å². The number of benzene rings is 2. The van der Waals surface area contributed by atoms with Crippen LogP contribution >= 0.6 is 0 Å². The monoisotopic (exact) mass is 337 g/mol. The van der Waals surface area contributed by atoms with Crippen molar-refractivity contribution in [2.45, 2.75) is 12.8 Å². The van der Waals surface area contributed by atoms with Crippen molar-refractivity contribution in [2.24, 2.45) is 0 Å². The standard InChI is InChI=1S/C17H14F3NO3/c1-24-17(23)11-8-15(14(20)9-13(11)19)21-16(22)7-6-10-4-2-3-5-12(10)18/h2-5,8-9H,6-7H2,1H3,(H,21,22). The van der Waals surface area contributed by atoms with E-state index in [0.717, 1.165) is 13.2 Å². The molecule has 1 N–H and O–H groups in total. The van der Waals surface area contributed by atoms with Gasteiger partial charge in [-0.05, 0) is 24.1 Å². The lowest BCUT2D eigenvalue weighted by Gasteiger charge is -2.09. The molecule has 0 aliphatic carbocycles. The molecule has 0 atom stereocenters. The zero-order chi connectivity index (χ0) is 17.7. The highest BCUT2D eigenvalue weighted by molar-refractivity contribution is 5.94. The fraction of sp³-hybridized carbons (Fsp3) is 0.176. The van der Waals surface area contributed by atoms with E-state index in [2.05, 4.69) is 10.1 Å². The fourth-order valence-corrected chi connectivity index (χ4v) is 2.07. The number of hydrogen-bond acceptors (Lipinski definition) is 3. The maximum atomic E-state index is 13.7. The first-order valence-corrected chi connectivity index (χ1v) is 7.03. The molecule has 0 saturated carbocycles. The van der Waals surface area contributed by atoms with Crippen LogP contribution < -0.4 is 5.32 Å². The molecule has 0 bridgehead atoms. The summed E-state index contributed by atoms with van der Waals surface area (Å²) < 4.78 is 45.1. The Morgan fingerprint density at radius 3 is 2.42 bits per heavy atom. The number of hydrogen-bond donors (Lipinski definition) is 1. The number of amides is 1. The highest BCUT2D eigenvalue weighted by Crippen LogP contribution is 2.21. The molecule has 2 aromatic carbocycles. The van der Waals surface area contributed by atoms with Crippen LogP contribution in [0.2, 0.25) is 0 Å². The molecule has 24 heavy (non-hydrogen) atoms. The van der Waals surface area contributed by atoms with Crippen LogP contribution in [0.3, 0.4) is 0 Å². The Kier molecular flexibility index (Phi) is 5.57. The maximum absolute atomic E-state index is 13.7. The average molecular weight is 337 g/mol. The van der Waals surface area contributed by atoms with Gasteiger partial charge in [0.15, 0.2) is 0 Å². The molecule has 1 amide bonds.